The van der Waals surface area contributed by atoms with Crippen molar-refractivity contribution in [3.8, 4) is 5.75 Å². The molecular formula is C21H23NO3. The van der Waals surface area contributed by atoms with Gasteiger partial charge in [-0.3, -0.25) is 4.79 Å². The highest BCUT2D eigenvalue weighted by molar-refractivity contribution is 5.85. The van der Waals surface area contributed by atoms with E-state index in [0.717, 1.165) is 0 Å². The molecule has 4 heteroatoms. The van der Waals surface area contributed by atoms with Crippen molar-refractivity contribution in [1.29, 1.82) is 0 Å². The third kappa shape index (κ3) is 4.09. The van der Waals surface area contributed by atoms with Crippen molar-refractivity contribution in [2.45, 2.75) is 19.4 Å². The van der Waals surface area contributed by atoms with Crippen molar-refractivity contribution in [3.63, 3.8) is 0 Å². The maximum Gasteiger partial charge on any atom is 0.307 e. The average molecular weight is 352 g/mol. The average Bonchev–Trinajstić information content (AvgIpc) is 2.94. The first kappa shape index (κ1) is 6.96. The molecule has 1 aliphatic rings. The van der Waals surface area contributed by atoms with Crippen LogP contribution >= 0.6 is 0 Å². The van der Waals surface area contributed by atoms with Gasteiger partial charge in [0.05, 0.1) is 11.9 Å². The van der Waals surface area contributed by atoms with Crippen LogP contribution in [0.15, 0.2) is 48.4 Å². The monoisotopic (exact) mass is 351 g/mol. The molecule has 0 amide bonds. The highest BCUT2D eigenvalue weighted by Crippen LogP contribution is 2.37. The first-order valence-corrected chi connectivity index (χ1v) is 7.23. The zero-order valence-electron chi connectivity index (χ0n) is 26.9. The van der Waals surface area contributed by atoms with Gasteiger partial charge >= 0.3 is 5.97 Å². The van der Waals surface area contributed by atoms with Gasteiger partial charge in [0.15, 0.2) is 0 Å². The van der Waals surface area contributed by atoms with Crippen molar-refractivity contribution in [3.05, 3.63) is 70.7 Å². The van der Waals surface area contributed by atoms with Crippen LogP contribution in [0.25, 0.3) is 5.57 Å². The second kappa shape index (κ2) is 7.53. The lowest BCUT2D eigenvalue weighted by atomic mass is 9.92. The van der Waals surface area contributed by atoms with E-state index in [-0.39, 0.29) is 12.2 Å². The molecule has 0 atom stereocenters. The highest BCUT2D eigenvalue weighted by atomic mass is 16.5. The third-order valence-electron chi connectivity index (χ3n) is 3.42. The van der Waals surface area contributed by atoms with E-state index >= 15 is 0 Å². The Bertz CT molecular complexity index is 1330. The van der Waals surface area contributed by atoms with E-state index in [2.05, 4.69) is 0 Å². The molecule has 0 unspecified atom stereocenters. The van der Waals surface area contributed by atoms with Crippen molar-refractivity contribution in [1.82, 2.24) is 4.90 Å². The van der Waals surface area contributed by atoms with Gasteiger partial charge in [-0.15, -0.1) is 0 Å². The van der Waals surface area contributed by atoms with E-state index in [0.29, 0.717) is 5.56 Å². The van der Waals surface area contributed by atoms with Gasteiger partial charge in [-0.2, -0.15) is 0 Å². The summed E-state index contributed by atoms with van der Waals surface area (Å²) in [6.07, 6.45) is -4.56. The predicted molar refractivity (Wildman–Crippen MR) is 98.8 cm³/mol. The molecule has 0 saturated heterocycles. The van der Waals surface area contributed by atoms with Crippen LogP contribution in [0.2, 0.25) is 0 Å². The topological polar surface area (TPSA) is 49.8 Å². The van der Waals surface area contributed by atoms with Crippen LogP contribution < -0.4 is 4.74 Å². The number of carboxylic acid groups (broad SMARTS) is 1. The van der Waals surface area contributed by atoms with Crippen LogP contribution in [-0.4, -0.2) is 36.4 Å². The lowest BCUT2D eigenvalue weighted by Crippen LogP contribution is -2.12. The quantitative estimate of drug-likeness (QED) is 0.894. The smallest absolute Gasteiger partial charge is 0.307 e. The van der Waals surface area contributed by atoms with Gasteiger partial charge in [0.25, 0.3) is 0 Å². The van der Waals surface area contributed by atoms with Crippen LogP contribution in [0.3, 0.4) is 0 Å². The molecule has 0 saturated carbocycles. The van der Waals surface area contributed by atoms with Crippen molar-refractivity contribution in [2.24, 2.45) is 0 Å². The maximum absolute atomic E-state index is 11.5. The number of hydrogen-bond donors (Lipinski definition) is 1. The number of rotatable bonds is 5. The fourth-order valence-electron chi connectivity index (χ4n) is 2.41. The normalized spacial score (nSPS) is 25.3. The lowest BCUT2D eigenvalue weighted by Gasteiger charge is -2.13. The molecule has 130 valence electrons. The van der Waals surface area contributed by atoms with E-state index in [1.165, 1.54) is 18.2 Å². The molecule has 2 aromatic rings. The number of fused-ring (bicyclic) bond motifs is 2. The fraction of sp³-hybridized carbons (Fsp3) is 0.286. The summed E-state index contributed by atoms with van der Waals surface area (Å²) < 4.78 is 119. The van der Waals surface area contributed by atoms with Gasteiger partial charge in [-0.25, -0.2) is 0 Å². The Morgan fingerprint density at radius 3 is 3.08 bits per heavy atom. The summed E-state index contributed by atoms with van der Waals surface area (Å²) in [7, 11) is 0. The van der Waals surface area contributed by atoms with Gasteiger partial charge in [-0.05, 0) is 54.7 Å². The van der Waals surface area contributed by atoms with Crippen LogP contribution in [-0.2, 0) is 17.8 Å². The maximum atomic E-state index is 11.5. The Morgan fingerprint density at radius 1 is 1.44 bits per heavy atom. The molecule has 0 bridgehead atoms. The van der Waals surface area contributed by atoms with E-state index in [9.17, 15) is 9.90 Å². The molecule has 0 spiro atoms. The summed E-state index contributed by atoms with van der Waals surface area (Å²) in [6, 6.07) is 2.64. The zero-order chi connectivity index (χ0) is 29.9. The molecule has 0 aliphatic carbocycles. The van der Waals surface area contributed by atoms with E-state index in [1.54, 1.807) is 6.07 Å². The van der Waals surface area contributed by atoms with Crippen LogP contribution in [0.1, 0.15) is 47.8 Å². The Morgan fingerprint density at radius 2 is 2.28 bits per heavy atom. The van der Waals surface area contributed by atoms with Crippen LogP contribution in [0.5, 0.6) is 5.75 Å². The van der Waals surface area contributed by atoms with Gasteiger partial charge in [0.2, 0.25) is 0 Å². The Kier molecular flexibility index (Phi) is 2.10. The zero-order valence-corrected chi connectivity index (χ0v) is 12.9. The summed E-state index contributed by atoms with van der Waals surface area (Å²) >= 11 is 0. The molecule has 0 aromatic heterocycles. The molecule has 0 fully saturated rings. The van der Waals surface area contributed by atoms with Crippen LogP contribution in [0, 0.1) is 0 Å². The minimum Gasteiger partial charge on any atom is -0.488 e. The van der Waals surface area contributed by atoms with Gasteiger partial charge < -0.3 is 14.7 Å². The standard InChI is InChI=1S/C21H23NO3/c1-22(2)11-5-8-18-17-7-4-3-6-16(17)14-25-20-10-9-15(12-19(18)20)13-21(23)24/h3-4,6-10,12H,5,11,13-14H2,1-2H3,(H,23,24)/b18-8-/i1D3,2D3,5D2,8D,9D,10D,11D2,12D. The summed E-state index contributed by atoms with van der Waals surface area (Å²) in [5.41, 5.74) is -1.14. The third-order valence-corrected chi connectivity index (χ3v) is 3.42. The molecule has 3 rings (SSSR count). The molecule has 25 heavy (non-hydrogen) atoms. The summed E-state index contributed by atoms with van der Waals surface area (Å²) in [5, 5.41) is 9.32. The van der Waals surface area contributed by atoms with Gasteiger partial charge in [0, 0.05) is 25.8 Å². The summed E-state index contributed by atoms with van der Waals surface area (Å²) in [5.74, 6) is -1.91. The van der Waals surface area contributed by atoms with Gasteiger partial charge in [0.1, 0.15) is 12.4 Å². The predicted octanol–water partition coefficient (Wildman–Crippen LogP) is 3.59. The van der Waals surface area contributed by atoms with Gasteiger partial charge in [-0.1, -0.05) is 36.4 Å². The number of ether oxygens (including phenoxy) is 1. The summed E-state index contributed by atoms with van der Waals surface area (Å²) in [6.45, 7) is -11.5. The first-order chi connectivity index (χ1) is 17.7. The van der Waals surface area contributed by atoms with E-state index in [4.69, 9.17) is 23.9 Å². The number of carbonyl (C=O) groups is 1. The minimum atomic E-state index is -3.86. The number of aliphatic carboxylic acids is 1. The fourth-order valence-corrected chi connectivity index (χ4v) is 2.41. The van der Waals surface area contributed by atoms with Crippen molar-refractivity contribution in [2.75, 3.05) is 20.4 Å². The molecule has 1 aliphatic heterocycles. The Labute approximate surface area is 168 Å². The molecule has 1 N–H and O–H groups in total. The SMILES string of the molecule is [2H]/C(=C1\c2ccccc2COc2c([2H])c([2H])c(CC(=O)O)c([2H])c21)C([2H])([2H])C([2H])([2H])N(C([2H])([2H])[2H])C([2H])([2H])[2H]. The minimum absolute atomic E-state index is 0.0298. The first-order valence-electron chi connectivity index (χ1n) is 14.2. The number of nitrogens with zero attached hydrogens (tertiary/aromatic N) is 1. The molecule has 2 aromatic carbocycles. The van der Waals surface area contributed by atoms with Crippen LogP contribution in [0.4, 0.5) is 0 Å². The Balaban J connectivity index is 2.51. The largest absolute Gasteiger partial charge is 0.488 e. The van der Waals surface area contributed by atoms with Crippen molar-refractivity contribution < 1.29 is 33.8 Å². The second-order valence-corrected chi connectivity index (χ2v) is 5.15. The molecule has 1 heterocycles. The van der Waals surface area contributed by atoms with E-state index < -0.39 is 90.7 Å². The Hall–Kier alpha value is -2.59. The number of carboxylic acids is 1. The second-order valence-electron chi connectivity index (χ2n) is 5.15. The molecular weight excluding hydrogens is 314 g/mol. The summed E-state index contributed by atoms with van der Waals surface area (Å²) in [4.78, 5) is 10.8. The number of benzene rings is 2. The number of hydrogen-bond acceptors (Lipinski definition) is 3. The van der Waals surface area contributed by atoms with Crippen molar-refractivity contribution >= 4 is 11.5 Å². The van der Waals surface area contributed by atoms with E-state index in [1.807, 2.05) is 0 Å². The highest BCUT2D eigenvalue weighted by Gasteiger charge is 2.19. The molecule has 4 nitrogen and oxygen atoms in total. The lowest BCUT2D eigenvalue weighted by molar-refractivity contribution is -0.136. The molecule has 0 radical (unpaired) electrons.